The van der Waals surface area contributed by atoms with E-state index in [2.05, 4.69) is 51.2 Å². The Labute approximate surface area is 211 Å². The van der Waals surface area contributed by atoms with Gasteiger partial charge >= 0.3 is 5.97 Å². The number of esters is 1. The van der Waals surface area contributed by atoms with Gasteiger partial charge in [0.1, 0.15) is 18.2 Å². The minimum atomic E-state index is -0.367. The zero-order chi connectivity index (χ0) is 25.6. The van der Waals surface area contributed by atoms with Gasteiger partial charge < -0.3 is 14.8 Å². The number of carbonyl (C=O) groups excluding carboxylic acids is 1. The number of hydrogen-bond acceptors (Lipinski definition) is 4. The number of hydrogen-bond donors (Lipinski definition) is 2. The van der Waals surface area contributed by atoms with Gasteiger partial charge in [-0.1, -0.05) is 58.0 Å². The Bertz CT molecular complexity index is 1020. The molecule has 0 saturated heterocycles. The van der Waals surface area contributed by atoms with E-state index >= 15 is 0 Å². The van der Waals surface area contributed by atoms with E-state index in [0.717, 1.165) is 24.2 Å². The molecule has 3 rings (SSSR count). The molecule has 35 heavy (non-hydrogen) atoms. The molecule has 1 aliphatic carbocycles. The van der Waals surface area contributed by atoms with Gasteiger partial charge in [0.2, 0.25) is 0 Å². The molecule has 0 amide bonds. The number of rotatable bonds is 10. The third kappa shape index (κ3) is 5.88. The Morgan fingerprint density at radius 3 is 2.31 bits per heavy atom. The SMILES string of the molecule is CCOC(=O)CC(C(=N)NC)c1ccc(OCc2ccc3c(c2)C(CC)(CC)CCC3(C)C)cc1. The molecule has 0 saturated carbocycles. The maximum absolute atomic E-state index is 12.0. The number of ether oxygens (including phenoxy) is 2. The topological polar surface area (TPSA) is 71.4 Å². The second-order valence-electron chi connectivity index (χ2n) is 10.3. The predicted octanol–water partition coefficient (Wildman–Crippen LogP) is 6.63. The van der Waals surface area contributed by atoms with Crippen LogP contribution in [0.2, 0.25) is 0 Å². The van der Waals surface area contributed by atoms with Gasteiger partial charge in [-0.25, -0.2) is 0 Å². The van der Waals surface area contributed by atoms with Crippen LogP contribution in [-0.4, -0.2) is 25.5 Å². The first-order chi connectivity index (χ1) is 16.7. The number of nitrogens with one attached hydrogen (secondary N) is 2. The van der Waals surface area contributed by atoms with E-state index in [-0.39, 0.29) is 29.1 Å². The fraction of sp³-hybridized carbons (Fsp3) is 0.533. The lowest BCUT2D eigenvalue weighted by Crippen LogP contribution is -2.37. The third-order valence-corrected chi connectivity index (χ3v) is 7.95. The molecule has 190 valence electrons. The highest BCUT2D eigenvalue weighted by molar-refractivity contribution is 5.90. The number of fused-ring (bicyclic) bond motifs is 1. The molecule has 1 atom stereocenters. The smallest absolute Gasteiger partial charge is 0.306 e. The van der Waals surface area contributed by atoms with Gasteiger partial charge in [0.15, 0.2) is 0 Å². The third-order valence-electron chi connectivity index (χ3n) is 7.95. The maximum Gasteiger partial charge on any atom is 0.306 e. The summed E-state index contributed by atoms with van der Waals surface area (Å²) in [6, 6.07) is 14.6. The molecule has 5 heteroatoms. The lowest BCUT2D eigenvalue weighted by Gasteiger charge is -2.45. The predicted molar refractivity (Wildman–Crippen MR) is 143 cm³/mol. The fourth-order valence-corrected chi connectivity index (χ4v) is 5.43. The van der Waals surface area contributed by atoms with Gasteiger partial charge in [0.05, 0.1) is 18.9 Å². The molecule has 0 fully saturated rings. The van der Waals surface area contributed by atoms with Crippen LogP contribution in [0.4, 0.5) is 0 Å². The van der Waals surface area contributed by atoms with Crippen LogP contribution in [0.1, 0.15) is 94.9 Å². The Morgan fingerprint density at radius 1 is 1.03 bits per heavy atom. The Balaban J connectivity index is 1.76. The number of carbonyl (C=O) groups is 1. The normalized spacial score (nSPS) is 16.6. The number of benzene rings is 2. The van der Waals surface area contributed by atoms with E-state index in [1.807, 2.05) is 24.3 Å². The van der Waals surface area contributed by atoms with Crippen molar-refractivity contribution in [3.63, 3.8) is 0 Å². The molecule has 0 spiro atoms. The van der Waals surface area contributed by atoms with Crippen LogP contribution in [0, 0.1) is 5.41 Å². The van der Waals surface area contributed by atoms with Crippen molar-refractivity contribution in [3.05, 3.63) is 64.7 Å². The monoisotopic (exact) mass is 478 g/mol. The zero-order valence-corrected chi connectivity index (χ0v) is 22.3. The highest BCUT2D eigenvalue weighted by atomic mass is 16.5. The molecule has 0 bridgehead atoms. The van der Waals surface area contributed by atoms with Crippen LogP contribution in [0.5, 0.6) is 5.75 Å². The van der Waals surface area contributed by atoms with E-state index in [4.69, 9.17) is 14.9 Å². The molecule has 0 radical (unpaired) electrons. The molecule has 1 unspecified atom stereocenters. The summed E-state index contributed by atoms with van der Waals surface area (Å²) < 4.78 is 11.2. The van der Waals surface area contributed by atoms with Crippen LogP contribution in [0.3, 0.4) is 0 Å². The van der Waals surface area contributed by atoms with Crippen molar-refractivity contribution in [1.82, 2.24) is 5.32 Å². The summed E-state index contributed by atoms with van der Waals surface area (Å²) in [7, 11) is 1.70. The Kier molecular flexibility index (Phi) is 8.63. The second kappa shape index (κ2) is 11.3. The molecule has 0 heterocycles. The molecule has 2 N–H and O–H groups in total. The van der Waals surface area contributed by atoms with Crippen LogP contribution >= 0.6 is 0 Å². The van der Waals surface area contributed by atoms with Crippen LogP contribution in [-0.2, 0) is 27.0 Å². The molecule has 1 aliphatic rings. The molecule has 5 nitrogen and oxygen atoms in total. The molecule has 2 aromatic rings. The lowest BCUT2D eigenvalue weighted by atomic mass is 9.59. The average Bonchev–Trinajstić information content (AvgIpc) is 2.86. The molecule has 0 aromatic heterocycles. The standard InChI is InChI=1S/C30H42N2O3/c1-7-30(8-2)17-16-29(4,5)25-15-10-21(18-26(25)30)20-35-23-13-11-22(12-14-23)24(28(31)32-6)19-27(33)34-9-3/h10-15,18,24H,7-9,16-17,19-20H2,1-6H3,(H2,31,32). The van der Waals surface area contributed by atoms with Gasteiger partial charge in [-0.15, -0.1) is 0 Å². The summed E-state index contributed by atoms with van der Waals surface area (Å²) in [5.74, 6) is 0.394. The highest BCUT2D eigenvalue weighted by Crippen LogP contribution is 2.49. The van der Waals surface area contributed by atoms with E-state index in [1.54, 1.807) is 14.0 Å². The minimum absolute atomic E-state index is 0.135. The molecular formula is C30H42N2O3. The highest BCUT2D eigenvalue weighted by Gasteiger charge is 2.40. The lowest BCUT2D eigenvalue weighted by molar-refractivity contribution is -0.143. The van der Waals surface area contributed by atoms with Crippen LogP contribution in [0.15, 0.2) is 42.5 Å². The second-order valence-corrected chi connectivity index (χ2v) is 10.3. The van der Waals surface area contributed by atoms with Crippen molar-refractivity contribution in [3.8, 4) is 5.75 Å². The molecule has 2 aromatic carbocycles. The summed E-state index contributed by atoms with van der Waals surface area (Å²) in [6.45, 7) is 12.0. The largest absolute Gasteiger partial charge is 0.489 e. The van der Waals surface area contributed by atoms with Crippen molar-refractivity contribution in [2.24, 2.45) is 0 Å². The molecule has 0 aliphatic heterocycles. The summed E-state index contributed by atoms with van der Waals surface area (Å²) >= 11 is 0. The fourth-order valence-electron chi connectivity index (χ4n) is 5.43. The summed E-state index contributed by atoms with van der Waals surface area (Å²) in [4.78, 5) is 12.0. The van der Waals surface area contributed by atoms with Gasteiger partial charge in [-0.05, 0) is 77.8 Å². The van der Waals surface area contributed by atoms with Crippen LogP contribution in [0.25, 0.3) is 0 Å². The summed E-state index contributed by atoms with van der Waals surface area (Å²) in [5, 5.41) is 11.1. The van der Waals surface area contributed by atoms with Crippen molar-refractivity contribution in [2.75, 3.05) is 13.7 Å². The zero-order valence-electron chi connectivity index (χ0n) is 22.3. The van der Waals surface area contributed by atoms with Crippen molar-refractivity contribution < 1.29 is 14.3 Å². The Hall–Kier alpha value is -2.82. The quantitative estimate of drug-likeness (QED) is 0.228. The van der Waals surface area contributed by atoms with Crippen LogP contribution < -0.4 is 10.1 Å². The van der Waals surface area contributed by atoms with E-state index in [9.17, 15) is 4.79 Å². The molecular weight excluding hydrogens is 436 g/mol. The van der Waals surface area contributed by atoms with Crippen molar-refractivity contribution in [2.45, 2.75) is 90.1 Å². The first kappa shape index (κ1) is 26.8. The Morgan fingerprint density at radius 2 is 1.71 bits per heavy atom. The minimum Gasteiger partial charge on any atom is -0.489 e. The van der Waals surface area contributed by atoms with Gasteiger partial charge in [-0.3, -0.25) is 10.2 Å². The van der Waals surface area contributed by atoms with Gasteiger partial charge in [0.25, 0.3) is 0 Å². The van der Waals surface area contributed by atoms with Gasteiger partial charge in [-0.2, -0.15) is 0 Å². The first-order valence-electron chi connectivity index (χ1n) is 13.0. The summed E-state index contributed by atoms with van der Waals surface area (Å²) in [5.41, 5.74) is 5.53. The van der Waals surface area contributed by atoms with E-state index < -0.39 is 0 Å². The van der Waals surface area contributed by atoms with Crippen molar-refractivity contribution >= 4 is 11.8 Å². The number of likely N-dealkylation sites (N-methyl/N-ethyl adjacent to an activating group) is 1. The first-order valence-corrected chi connectivity index (χ1v) is 13.0. The number of amidine groups is 1. The van der Waals surface area contributed by atoms with E-state index in [1.165, 1.54) is 29.5 Å². The van der Waals surface area contributed by atoms with Gasteiger partial charge in [0, 0.05) is 7.05 Å². The maximum atomic E-state index is 12.0. The summed E-state index contributed by atoms with van der Waals surface area (Å²) in [6.07, 6.45) is 4.92. The van der Waals surface area contributed by atoms with E-state index in [0.29, 0.717) is 19.0 Å². The average molecular weight is 479 g/mol. The van der Waals surface area contributed by atoms with Crippen molar-refractivity contribution in [1.29, 1.82) is 5.41 Å².